The van der Waals surface area contributed by atoms with E-state index in [0.717, 1.165) is 5.56 Å². The molecule has 0 aliphatic carbocycles. The molecule has 0 atom stereocenters. The van der Waals surface area contributed by atoms with Crippen LogP contribution in [0.3, 0.4) is 0 Å². The highest BCUT2D eigenvalue weighted by Crippen LogP contribution is 2.23. The number of benzene rings is 2. The van der Waals surface area contributed by atoms with Crippen LogP contribution in [-0.4, -0.2) is 16.8 Å². The van der Waals surface area contributed by atoms with Crippen LogP contribution in [0.15, 0.2) is 60.8 Å². The van der Waals surface area contributed by atoms with Crippen LogP contribution in [0.1, 0.15) is 26.4 Å². The molecule has 136 valence electrons. The molecule has 0 bridgehead atoms. The predicted octanol–water partition coefficient (Wildman–Crippen LogP) is 4.69. The van der Waals surface area contributed by atoms with Crippen molar-refractivity contribution in [1.29, 1.82) is 0 Å². The fraction of sp³-hybridized carbons (Fsp3) is 0.0500. The Kier molecular flexibility index (Phi) is 5.47. The SMILES string of the molecule is Cc1c(Cl)cccc1NC(=O)c1cc(C(=O)Nc2ccc(F)cc2)ccn1. The highest BCUT2D eigenvalue weighted by atomic mass is 35.5. The van der Waals surface area contributed by atoms with Crippen molar-refractivity contribution in [1.82, 2.24) is 4.98 Å². The summed E-state index contributed by atoms with van der Waals surface area (Å²) in [7, 11) is 0. The summed E-state index contributed by atoms with van der Waals surface area (Å²) in [5, 5.41) is 5.90. The summed E-state index contributed by atoms with van der Waals surface area (Å²) < 4.78 is 12.9. The van der Waals surface area contributed by atoms with Gasteiger partial charge in [-0.15, -0.1) is 0 Å². The fourth-order valence-electron chi connectivity index (χ4n) is 2.36. The molecule has 3 aromatic rings. The Morgan fingerprint density at radius 1 is 1.00 bits per heavy atom. The molecular formula is C20H15ClFN3O2. The molecule has 2 aromatic carbocycles. The molecule has 5 nitrogen and oxygen atoms in total. The number of carbonyl (C=O) groups excluding carboxylic acids is 2. The number of hydrogen-bond acceptors (Lipinski definition) is 3. The van der Waals surface area contributed by atoms with Crippen molar-refractivity contribution < 1.29 is 14.0 Å². The van der Waals surface area contributed by atoms with E-state index in [-0.39, 0.29) is 11.3 Å². The minimum atomic E-state index is -0.461. The lowest BCUT2D eigenvalue weighted by atomic mass is 10.1. The second-order valence-electron chi connectivity index (χ2n) is 5.76. The molecule has 0 saturated carbocycles. The van der Waals surface area contributed by atoms with Gasteiger partial charge in [0.15, 0.2) is 0 Å². The van der Waals surface area contributed by atoms with Crippen LogP contribution < -0.4 is 10.6 Å². The van der Waals surface area contributed by atoms with Gasteiger partial charge >= 0.3 is 0 Å². The number of nitrogens with one attached hydrogen (secondary N) is 2. The highest BCUT2D eigenvalue weighted by molar-refractivity contribution is 6.31. The van der Waals surface area contributed by atoms with Crippen LogP contribution >= 0.6 is 11.6 Å². The fourth-order valence-corrected chi connectivity index (χ4v) is 2.54. The molecule has 1 heterocycles. The van der Waals surface area contributed by atoms with Gasteiger partial charge in [0.2, 0.25) is 0 Å². The predicted molar refractivity (Wildman–Crippen MR) is 103 cm³/mol. The Morgan fingerprint density at radius 2 is 1.74 bits per heavy atom. The van der Waals surface area contributed by atoms with Gasteiger partial charge in [-0.25, -0.2) is 4.39 Å². The largest absolute Gasteiger partial charge is 0.322 e. The van der Waals surface area contributed by atoms with Crippen LogP contribution in [0.25, 0.3) is 0 Å². The van der Waals surface area contributed by atoms with Gasteiger partial charge in [0.25, 0.3) is 11.8 Å². The van der Waals surface area contributed by atoms with E-state index in [0.29, 0.717) is 16.4 Å². The lowest BCUT2D eigenvalue weighted by Gasteiger charge is -2.10. The van der Waals surface area contributed by atoms with E-state index in [1.807, 2.05) is 0 Å². The van der Waals surface area contributed by atoms with Gasteiger partial charge < -0.3 is 10.6 Å². The standard InChI is InChI=1S/C20H15ClFN3O2/c1-12-16(21)3-2-4-17(12)25-20(27)18-11-13(9-10-23-18)19(26)24-15-7-5-14(22)6-8-15/h2-11H,1H3,(H,24,26)(H,25,27). The van der Waals surface area contributed by atoms with Gasteiger partial charge in [-0.1, -0.05) is 17.7 Å². The van der Waals surface area contributed by atoms with E-state index in [9.17, 15) is 14.0 Å². The van der Waals surface area contributed by atoms with Crippen molar-refractivity contribution in [2.45, 2.75) is 6.92 Å². The molecule has 0 aliphatic rings. The Labute approximate surface area is 160 Å². The number of amides is 2. The third-order valence-corrected chi connectivity index (χ3v) is 4.28. The third-order valence-electron chi connectivity index (χ3n) is 3.87. The third kappa shape index (κ3) is 4.48. The maximum Gasteiger partial charge on any atom is 0.274 e. The average molecular weight is 384 g/mol. The van der Waals surface area contributed by atoms with E-state index in [1.165, 1.54) is 42.6 Å². The minimum absolute atomic E-state index is 0.0844. The van der Waals surface area contributed by atoms with Crippen molar-refractivity contribution in [3.8, 4) is 0 Å². The molecule has 0 spiro atoms. The lowest BCUT2D eigenvalue weighted by Crippen LogP contribution is -2.17. The summed E-state index contributed by atoms with van der Waals surface area (Å²) in [5.41, 5.74) is 2.08. The zero-order chi connectivity index (χ0) is 19.4. The van der Waals surface area contributed by atoms with Gasteiger partial charge in [0.05, 0.1) is 0 Å². The van der Waals surface area contributed by atoms with E-state index >= 15 is 0 Å². The Morgan fingerprint density at radius 3 is 2.48 bits per heavy atom. The number of anilines is 2. The van der Waals surface area contributed by atoms with Crippen LogP contribution in [0.4, 0.5) is 15.8 Å². The molecule has 27 heavy (non-hydrogen) atoms. The molecule has 0 radical (unpaired) electrons. The molecule has 2 amide bonds. The quantitative estimate of drug-likeness (QED) is 0.686. The number of aromatic nitrogens is 1. The van der Waals surface area contributed by atoms with Crippen molar-refractivity contribution >= 4 is 34.8 Å². The maximum absolute atomic E-state index is 12.9. The summed E-state index contributed by atoms with van der Waals surface area (Å²) >= 11 is 6.05. The molecule has 7 heteroatoms. The number of hydrogen-bond donors (Lipinski definition) is 2. The first-order valence-corrected chi connectivity index (χ1v) is 8.41. The molecule has 0 fully saturated rings. The number of nitrogens with zero attached hydrogens (tertiary/aromatic N) is 1. The molecule has 0 aliphatic heterocycles. The van der Waals surface area contributed by atoms with Gasteiger partial charge in [0, 0.05) is 28.2 Å². The Bertz CT molecular complexity index is 1010. The summed E-state index contributed by atoms with van der Waals surface area (Å²) in [6.07, 6.45) is 1.37. The molecule has 2 N–H and O–H groups in total. The van der Waals surface area contributed by atoms with E-state index in [4.69, 9.17) is 11.6 Å². The average Bonchev–Trinajstić information content (AvgIpc) is 2.67. The Balaban J connectivity index is 1.76. The topological polar surface area (TPSA) is 71.1 Å². The van der Waals surface area contributed by atoms with Gasteiger partial charge in [-0.2, -0.15) is 0 Å². The summed E-state index contributed by atoms with van der Waals surface area (Å²) in [6, 6.07) is 13.4. The first kappa shape index (κ1) is 18.5. The first-order valence-electron chi connectivity index (χ1n) is 8.03. The van der Waals surface area contributed by atoms with E-state index < -0.39 is 17.6 Å². The van der Waals surface area contributed by atoms with Crippen molar-refractivity contribution in [3.63, 3.8) is 0 Å². The zero-order valence-corrected chi connectivity index (χ0v) is 15.0. The Hall–Kier alpha value is -3.25. The molecule has 3 rings (SSSR count). The van der Waals surface area contributed by atoms with Crippen molar-refractivity contribution in [3.05, 3.63) is 88.5 Å². The highest BCUT2D eigenvalue weighted by Gasteiger charge is 2.14. The number of carbonyl (C=O) groups is 2. The molecule has 0 unspecified atom stereocenters. The van der Waals surface area contributed by atoms with E-state index in [1.54, 1.807) is 25.1 Å². The summed E-state index contributed by atoms with van der Waals surface area (Å²) in [6.45, 7) is 1.79. The van der Waals surface area contributed by atoms with Crippen LogP contribution in [-0.2, 0) is 0 Å². The van der Waals surface area contributed by atoms with Gasteiger partial charge in [-0.3, -0.25) is 14.6 Å². The molecule has 1 aromatic heterocycles. The number of pyridine rings is 1. The second kappa shape index (κ2) is 7.97. The zero-order valence-electron chi connectivity index (χ0n) is 14.3. The van der Waals surface area contributed by atoms with E-state index in [2.05, 4.69) is 15.6 Å². The van der Waals surface area contributed by atoms with Crippen LogP contribution in [0.2, 0.25) is 5.02 Å². The summed E-state index contributed by atoms with van der Waals surface area (Å²) in [4.78, 5) is 28.8. The van der Waals surface area contributed by atoms with Crippen molar-refractivity contribution in [2.24, 2.45) is 0 Å². The van der Waals surface area contributed by atoms with Crippen LogP contribution in [0, 0.1) is 12.7 Å². The maximum atomic E-state index is 12.9. The normalized spacial score (nSPS) is 10.3. The van der Waals surface area contributed by atoms with Gasteiger partial charge in [-0.05, 0) is 61.0 Å². The van der Waals surface area contributed by atoms with Gasteiger partial charge in [0.1, 0.15) is 11.5 Å². The molecule has 0 saturated heterocycles. The van der Waals surface area contributed by atoms with Crippen molar-refractivity contribution in [2.75, 3.05) is 10.6 Å². The lowest BCUT2D eigenvalue weighted by molar-refractivity contribution is 0.102. The van der Waals surface area contributed by atoms with Crippen LogP contribution in [0.5, 0.6) is 0 Å². The minimum Gasteiger partial charge on any atom is -0.322 e. The smallest absolute Gasteiger partial charge is 0.274 e. The monoisotopic (exact) mass is 383 g/mol. The first-order chi connectivity index (χ1) is 12.9. The molecular weight excluding hydrogens is 369 g/mol. The second-order valence-corrected chi connectivity index (χ2v) is 6.16. The number of rotatable bonds is 4. The number of halogens is 2. The summed E-state index contributed by atoms with van der Waals surface area (Å²) in [5.74, 6) is -1.29.